The first-order chi connectivity index (χ1) is 18.8. The van der Waals surface area contributed by atoms with Crippen molar-refractivity contribution in [2.24, 2.45) is 0 Å². The molecule has 0 bridgehead atoms. The number of nitrogens with zero attached hydrogens (tertiary/aromatic N) is 3. The van der Waals surface area contributed by atoms with Crippen molar-refractivity contribution in [1.29, 1.82) is 0 Å². The van der Waals surface area contributed by atoms with Gasteiger partial charge in [-0.05, 0) is 62.6 Å². The molecule has 3 aromatic rings. The number of benzene rings is 2. The summed E-state index contributed by atoms with van der Waals surface area (Å²) in [4.78, 5) is 7.67. The summed E-state index contributed by atoms with van der Waals surface area (Å²) < 4.78 is 81.2. The molecule has 1 N–H and O–H groups in total. The minimum absolute atomic E-state index is 0.0131. The van der Waals surface area contributed by atoms with E-state index in [4.69, 9.17) is 21.1 Å². The van der Waals surface area contributed by atoms with E-state index in [9.17, 15) is 21.6 Å². The molecule has 0 unspecified atom stereocenters. The van der Waals surface area contributed by atoms with Gasteiger partial charge in [-0.25, -0.2) is 13.4 Å². The fourth-order valence-electron chi connectivity index (χ4n) is 4.15. The van der Waals surface area contributed by atoms with Gasteiger partial charge < -0.3 is 19.3 Å². The van der Waals surface area contributed by atoms with Crippen molar-refractivity contribution < 1.29 is 31.1 Å². The first-order valence-electron chi connectivity index (χ1n) is 12.4. The first-order valence-corrected chi connectivity index (χ1v) is 14.3. The Balaban J connectivity index is 1.64. The first kappa shape index (κ1) is 29.9. The lowest BCUT2D eigenvalue weighted by Gasteiger charge is -2.26. The smallest absolute Gasteiger partial charge is 0.417 e. The molecule has 0 saturated carbocycles. The van der Waals surface area contributed by atoms with Crippen molar-refractivity contribution in [3.8, 4) is 11.6 Å². The number of sulfonamides is 1. The number of hydrogen-bond donors (Lipinski definition) is 1. The molecule has 1 aliphatic rings. The van der Waals surface area contributed by atoms with E-state index in [1.807, 2.05) is 30.9 Å². The molecule has 0 amide bonds. The third kappa shape index (κ3) is 7.36. The molecule has 4 rings (SSSR count). The van der Waals surface area contributed by atoms with Gasteiger partial charge in [0.15, 0.2) is 0 Å². The number of nitrogens with one attached hydrogen (secondary N) is 1. The number of likely N-dealkylation sites (N-methyl/N-ethyl adjacent to an activating group) is 2. The number of ether oxygens (including phenoxy) is 2. The van der Waals surface area contributed by atoms with E-state index in [0.717, 1.165) is 36.0 Å². The minimum atomic E-state index is -4.86. The molecule has 0 aliphatic carbocycles. The summed E-state index contributed by atoms with van der Waals surface area (Å²) in [5.41, 5.74) is 0.849. The van der Waals surface area contributed by atoms with Crippen LogP contribution in [0, 0.1) is 0 Å². The molecule has 8 nitrogen and oxygen atoms in total. The van der Waals surface area contributed by atoms with Crippen molar-refractivity contribution in [2.45, 2.75) is 30.6 Å². The lowest BCUT2D eigenvalue weighted by Crippen LogP contribution is -2.28. The number of halogens is 4. The number of fused-ring (bicyclic) bond motifs is 1. The Bertz CT molecular complexity index is 1470. The van der Waals surface area contributed by atoms with Gasteiger partial charge in [0.2, 0.25) is 5.88 Å². The van der Waals surface area contributed by atoms with Gasteiger partial charge in [-0.2, -0.15) is 13.2 Å². The topological polar surface area (TPSA) is 84.0 Å². The molecule has 0 fully saturated rings. The number of rotatable bonds is 10. The van der Waals surface area contributed by atoms with Crippen LogP contribution >= 0.6 is 11.6 Å². The van der Waals surface area contributed by atoms with Gasteiger partial charge in [0.05, 0.1) is 21.2 Å². The van der Waals surface area contributed by atoms with Crippen LogP contribution in [-0.4, -0.2) is 64.0 Å². The maximum absolute atomic E-state index is 13.6. The Kier molecular flexibility index (Phi) is 9.13. The van der Waals surface area contributed by atoms with Crippen molar-refractivity contribution >= 4 is 27.3 Å². The molecule has 40 heavy (non-hydrogen) atoms. The van der Waals surface area contributed by atoms with Crippen molar-refractivity contribution in [1.82, 2.24) is 14.8 Å². The summed E-state index contributed by atoms with van der Waals surface area (Å²) in [6.45, 7) is 2.34. The fraction of sp³-hybridized carbons (Fsp3) is 0.370. The van der Waals surface area contributed by atoms with Gasteiger partial charge in [-0.3, -0.25) is 4.72 Å². The van der Waals surface area contributed by atoms with Gasteiger partial charge in [0.25, 0.3) is 10.0 Å². The van der Waals surface area contributed by atoms with E-state index in [-0.39, 0.29) is 18.2 Å². The van der Waals surface area contributed by atoms with Gasteiger partial charge in [-0.15, -0.1) is 0 Å². The summed E-state index contributed by atoms with van der Waals surface area (Å²) in [5.74, 6) is 0.428. The Hall–Kier alpha value is -3.06. The van der Waals surface area contributed by atoms with Crippen molar-refractivity contribution in [2.75, 3.05) is 45.6 Å². The molecule has 1 aliphatic heterocycles. The maximum atomic E-state index is 13.6. The average molecular weight is 599 g/mol. The normalized spacial score (nSPS) is 14.2. The minimum Gasteiger partial charge on any atom is -0.491 e. The quantitative estimate of drug-likeness (QED) is 0.349. The van der Waals surface area contributed by atoms with Crippen LogP contribution in [0.4, 0.5) is 18.9 Å². The van der Waals surface area contributed by atoms with Crippen LogP contribution in [0.5, 0.6) is 11.6 Å². The summed E-state index contributed by atoms with van der Waals surface area (Å²) >= 11 is 6.27. The van der Waals surface area contributed by atoms with E-state index in [2.05, 4.69) is 9.71 Å². The summed E-state index contributed by atoms with van der Waals surface area (Å²) in [5, 5.41) is 0.426. The van der Waals surface area contributed by atoms with Crippen LogP contribution in [0.3, 0.4) is 0 Å². The molecule has 1 aromatic heterocycles. The molecule has 2 heterocycles. The number of alkyl halides is 3. The average Bonchev–Trinajstić information content (AvgIpc) is 2.88. The standard InChI is InChI=1S/C27H30ClF3N4O4S/c1-34(2)12-13-38-24-14-18(8-9-21(24)28)17-39-26-23(15-19-16-35(3)11-10-22(19)32-26)33-40(36,37)25-7-5-4-6-20(25)27(29,30)31/h4-9,14-15,33H,10-13,16-17H2,1-3H3. The second-order valence-electron chi connectivity index (χ2n) is 9.74. The Labute approximate surface area is 236 Å². The Morgan fingerprint density at radius 2 is 1.88 bits per heavy atom. The van der Waals surface area contributed by atoms with Crippen LogP contribution in [0.15, 0.2) is 53.4 Å². The molecular weight excluding hydrogens is 569 g/mol. The second kappa shape index (κ2) is 12.2. The van der Waals surface area contributed by atoms with Gasteiger partial charge in [0.1, 0.15) is 24.7 Å². The molecule has 216 valence electrons. The lowest BCUT2D eigenvalue weighted by molar-refractivity contribution is -0.139. The highest BCUT2D eigenvalue weighted by atomic mass is 35.5. The maximum Gasteiger partial charge on any atom is 0.417 e. The van der Waals surface area contributed by atoms with Crippen LogP contribution < -0.4 is 14.2 Å². The van der Waals surface area contributed by atoms with Crippen LogP contribution in [-0.2, 0) is 35.8 Å². The zero-order chi connectivity index (χ0) is 29.1. The van der Waals surface area contributed by atoms with Gasteiger partial charge in [0, 0.05) is 26.1 Å². The molecule has 0 saturated heterocycles. The van der Waals surface area contributed by atoms with E-state index in [1.165, 1.54) is 6.07 Å². The highest BCUT2D eigenvalue weighted by Gasteiger charge is 2.37. The number of anilines is 1. The third-order valence-electron chi connectivity index (χ3n) is 6.22. The van der Waals surface area contributed by atoms with E-state index < -0.39 is 26.7 Å². The zero-order valence-corrected chi connectivity index (χ0v) is 23.8. The molecule has 2 aromatic carbocycles. The van der Waals surface area contributed by atoms with E-state index >= 15 is 0 Å². The van der Waals surface area contributed by atoms with E-state index in [0.29, 0.717) is 42.5 Å². The lowest BCUT2D eigenvalue weighted by atomic mass is 10.1. The Morgan fingerprint density at radius 1 is 1.12 bits per heavy atom. The third-order valence-corrected chi connectivity index (χ3v) is 7.96. The fourth-order valence-corrected chi connectivity index (χ4v) is 5.60. The highest BCUT2D eigenvalue weighted by molar-refractivity contribution is 7.92. The van der Waals surface area contributed by atoms with Crippen LogP contribution in [0.1, 0.15) is 22.4 Å². The summed E-state index contributed by atoms with van der Waals surface area (Å²) in [7, 11) is 1.11. The molecule has 13 heteroatoms. The van der Waals surface area contributed by atoms with Gasteiger partial charge in [-0.1, -0.05) is 29.8 Å². The van der Waals surface area contributed by atoms with Gasteiger partial charge >= 0.3 is 6.18 Å². The van der Waals surface area contributed by atoms with Crippen LogP contribution in [0.25, 0.3) is 0 Å². The predicted octanol–water partition coefficient (Wildman–Crippen LogP) is 5.06. The Morgan fingerprint density at radius 3 is 2.60 bits per heavy atom. The SMILES string of the molecule is CN(C)CCOc1cc(COc2nc3c(cc2NS(=O)(=O)c2ccccc2C(F)(F)F)CN(C)CC3)ccc1Cl. The number of hydrogen-bond acceptors (Lipinski definition) is 7. The molecule has 0 atom stereocenters. The van der Waals surface area contributed by atoms with Crippen LogP contribution in [0.2, 0.25) is 5.02 Å². The molecule has 0 radical (unpaired) electrons. The van der Waals surface area contributed by atoms with Crippen molar-refractivity contribution in [3.05, 3.63) is 75.9 Å². The number of aromatic nitrogens is 1. The monoisotopic (exact) mass is 598 g/mol. The van der Waals surface area contributed by atoms with E-state index in [1.54, 1.807) is 24.3 Å². The zero-order valence-electron chi connectivity index (χ0n) is 22.3. The molecule has 0 spiro atoms. The summed E-state index contributed by atoms with van der Waals surface area (Å²) in [6.07, 6.45) is -4.25. The van der Waals surface area contributed by atoms with Crippen molar-refractivity contribution in [3.63, 3.8) is 0 Å². The molecular formula is C27H30ClF3N4O4S. The number of pyridine rings is 1. The highest BCUT2D eigenvalue weighted by Crippen LogP contribution is 2.36. The largest absolute Gasteiger partial charge is 0.491 e. The second-order valence-corrected chi connectivity index (χ2v) is 11.8. The summed E-state index contributed by atoms with van der Waals surface area (Å²) in [6, 6.07) is 10.7. The predicted molar refractivity (Wildman–Crippen MR) is 146 cm³/mol.